The molecule has 0 radical (unpaired) electrons. The van der Waals surface area contributed by atoms with Crippen molar-refractivity contribution in [2.24, 2.45) is 0 Å². The van der Waals surface area contributed by atoms with Gasteiger partial charge in [0.2, 0.25) is 5.88 Å². The summed E-state index contributed by atoms with van der Waals surface area (Å²) in [7, 11) is 0. The maximum atomic E-state index is 10.6. The Morgan fingerprint density at radius 3 is 2.90 bits per heavy atom. The van der Waals surface area contributed by atoms with Crippen molar-refractivity contribution in [1.82, 2.24) is 9.97 Å². The highest BCUT2D eigenvalue weighted by molar-refractivity contribution is 5.85. The topological polar surface area (TPSA) is 72.3 Å². The minimum Gasteiger partial charge on any atom is -0.478 e. The molecule has 5 nitrogen and oxygen atoms in total. The van der Waals surface area contributed by atoms with E-state index in [1.54, 1.807) is 18.3 Å². The third-order valence-corrected chi connectivity index (χ3v) is 2.82. The van der Waals surface area contributed by atoms with Crippen LogP contribution in [0.25, 0.3) is 6.08 Å². The lowest BCUT2D eigenvalue weighted by Gasteiger charge is -2.11. The lowest BCUT2D eigenvalue weighted by Crippen LogP contribution is -1.98. The molecule has 5 heteroatoms. The fourth-order valence-corrected chi connectivity index (χ4v) is 1.82. The van der Waals surface area contributed by atoms with Gasteiger partial charge < -0.3 is 9.84 Å². The molecule has 0 unspecified atom stereocenters. The van der Waals surface area contributed by atoms with Gasteiger partial charge in [-0.25, -0.2) is 9.78 Å². The molecule has 2 aromatic rings. The van der Waals surface area contributed by atoms with Crippen molar-refractivity contribution in [2.75, 3.05) is 0 Å². The van der Waals surface area contributed by atoms with E-state index in [-0.39, 0.29) is 0 Å². The fourth-order valence-electron chi connectivity index (χ4n) is 1.82. The van der Waals surface area contributed by atoms with Crippen LogP contribution >= 0.6 is 0 Å². The van der Waals surface area contributed by atoms with Crippen molar-refractivity contribution >= 4 is 12.0 Å². The second-order valence-electron chi connectivity index (χ2n) is 4.42. The number of carboxylic acids is 1. The zero-order valence-corrected chi connectivity index (χ0v) is 11.9. The first-order chi connectivity index (χ1) is 10.1. The number of aryl methyl sites for hydroxylation is 2. The number of hydrogen-bond donors (Lipinski definition) is 1. The molecular formula is C16H16N2O3. The van der Waals surface area contributed by atoms with E-state index in [1.807, 2.05) is 26.0 Å². The normalized spacial score (nSPS) is 10.8. The van der Waals surface area contributed by atoms with Crippen molar-refractivity contribution < 1.29 is 14.6 Å². The van der Waals surface area contributed by atoms with E-state index in [9.17, 15) is 4.79 Å². The predicted molar refractivity (Wildman–Crippen MR) is 79.3 cm³/mol. The van der Waals surface area contributed by atoms with Gasteiger partial charge in [0.05, 0.1) is 5.69 Å². The Morgan fingerprint density at radius 2 is 2.19 bits per heavy atom. The van der Waals surface area contributed by atoms with Crippen LogP contribution in [0.15, 0.2) is 36.5 Å². The van der Waals surface area contributed by atoms with Gasteiger partial charge in [0.1, 0.15) is 0 Å². The highest BCUT2D eigenvalue weighted by Gasteiger charge is 2.09. The summed E-state index contributed by atoms with van der Waals surface area (Å²) in [5.41, 5.74) is 2.36. The quantitative estimate of drug-likeness (QED) is 0.853. The van der Waals surface area contributed by atoms with Crippen LogP contribution in [0.1, 0.15) is 23.9 Å². The lowest BCUT2D eigenvalue weighted by atomic mass is 10.2. The SMILES string of the molecule is CCc1nc(C)ccc1Oc1ncccc1/C=C/C(=O)O. The average molecular weight is 284 g/mol. The van der Waals surface area contributed by atoms with Crippen LogP contribution in [0.3, 0.4) is 0 Å². The highest BCUT2D eigenvalue weighted by Crippen LogP contribution is 2.26. The van der Waals surface area contributed by atoms with Gasteiger partial charge in [0.15, 0.2) is 5.75 Å². The van der Waals surface area contributed by atoms with E-state index in [0.717, 1.165) is 23.9 Å². The molecule has 0 spiro atoms. The molecule has 0 aromatic carbocycles. The Labute approximate surface area is 122 Å². The minimum absolute atomic E-state index is 0.357. The van der Waals surface area contributed by atoms with E-state index in [0.29, 0.717) is 17.2 Å². The van der Waals surface area contributed by atoms with E-state index in [2.05, 4.69) is 9.97 Å². The summed E-state index contributed by atoms with van der Waals surface area (Å²) in [5.74, 6) is -0.0295. The van der Waals surface area contributed by atoms with Crippen LogP contribution in [0.4, 0.5) is 0 Å². The number of hydrogen-bond acceptors (Lipinski definition) is 4. The molecule has 0 saturated carbocycles. The Morgan fingerprint density at radius 1 is 1.38 bits per heavy atom. The van der Waals surface area contributed by atoms with Gasteiger partial charge in [-0.3, -0.25) is 4.98 Å². The third kappa shape index (κ3) is 3.89. The summed E-state index contributed by atoms with van der Waals surface area (Å²) < 4.78 is 5.80. The molecule has 0 aliphatic rings. The lowest BCUT2D eigenvalue weighted by molar-refractivity contribution is -0.131. The molecular weight excluding hydrogens is 268 g/mol. The monoisotopic (exact) mass is 284 g/mol. The molecule has 0 amide bonds. The first kappa shape index (κ1) is 14.7. The number of aromatic nitrogens is 2. The maximum absolute atomic E-state index is 10.6. The number of rotatable bonds is 5. The molecule has 2 heterocycles. The van der Waals surface area contributed by atoms with Gasteiger partial charge in [-0.05, 0) is 43.7 Å². The summed E-state index contributed by atoms with van der Waals surface area (Å²) in [5, 5.41) is 8.71. The maximum Gasteiger partial charge on any atom is 0.328 e. The Balaban J connectivity index is 2.34. The number of aliphatic carboxylic acids is 1. The number of pyridine rings is 2. The highest BCUT2D eigenvalue weighted by atomic mass is 16.5. The third-order valence-electron chi connectivity index (χ3n) is 2.82. The predicted octanol–water partition coefficient (Wildman–Crippen LogP) is 3.24. The standard InChI is InChI=1S/C16H16N2O3/c1-3-13-14(8-6-11(2)18-13)21-16-12(5-4-10-17-16)7-9-15(19)20/h4-10H,3H2,1-2H3,(H,19,20)/b9-7+. The molecule has 0 saturated heterocycles. The minimum atomic E-state index is -1.02. The fraction of sp³-hybridized carbons (Fsp3) is 0.188. The molecule has 21 heavy (non-hydrogen) atoms. The molecule has 0 aliphatic heterocycles. The van der Waals surface area contributed by atoms with Gasteiger partial charge in [0, 0.05) is 23.5 Å². The van der Waals surface area contributed by atoms with Gasteiger partial charge in [-0.2, -0.15) is 0 Å². The average Bonchev–Trinajstić information content (AvgIpc) is 2.48. The second kappa shape index (κ2) is 6.65. The zero-order valence-electron chi connectivity index (χ0n) is 11.9. The first-order valence-electron chi connectivity index (χ1n) is 6.60. The summed E-state index contributed by atoms with van der Waals surface area (Å²) in [6.07, 6.45) is 4.85. The molecule has 0 aliphatic carbocycles. The van der Waals surface area contributed by atoms with Gasteiger partial charge in [-0.1, -0.05) is 6.92 Å². The number of ether oxygens (including phenoxy) is 1. The van der Waals surface area contributed by atoms with Crippen LogP contribution in [-0.4, -0.2) is 21.0 Å². The molecule has 0 atom stereocenters. The summed E-state index contributed by atoms with van der Waals surface area (Å²) in [6, 6.07) is 7.18. The second-order valence-corrected chi connectivity index (χ2v) is 4.42. The summed E-state index contributed by atoms with van der Waals surface area (Å²) in [6.45, 7) is 3.92. The van der Waals surface area contributed by atoms with Gasteiger partial charge in [-0.15, -0.1) is 0 Å². The van der Waals surface area contributed by atoms with Crippen LogP contribution in [-0.2, 0) is 11.2 Å². The van der Waals surface area contributed by atoms with E-state index >= 15 is 0 Å². The van der Waals surface area contributed by atoms with Crippen molar-refractivity contribution in [2.45, 2.75) is 20.3 Å². The molecule has 2 rings (SSSR count). The van der Waals surface area contributed by atoms with Gasteiger partial charge in [0.25, 0.3) is 0 Å². The Bertz CT molecular complexity index is 681. The number of carboxylic acid groups (broad SMARTS) is 1. The van der Waals surface area contributed by atoms with Crippen molar-refractivity contribution in [3.8, 4) is 11.6 Å². The van der Waals surface area contributed by atoms with Crippen molar-refractivity contribution in [3.05, 3.63) is 53.5 Å². The van der Waals surface area contributed by atoms with Crippen LogP contribution in [0, 0.1) is 6.92 Å². The Hall–Kier alpha value is -2.69. The van der Waals surface area contributed by atoms with Crippen LogP contribution in [0.2, 0.25) is 0 Å². The molecule has 1 N–H and O–H groups in total. The Kier molecular flexibility index (Phi) is 4.66. The van der Waals surface area contributed by atoms with Crippen molar-refractivity contribution in [3.63, 3.8) is 0 Å². The molecule has 0 bridgehead atoms. The number of nitrogens with zero attached hydrogens (tertiary/aromatic N) is 2. The van der Waals surface area contributed by atoms with Crippen molar-refractivity contribution in [1.29, 1.82) is 0 Å². The summed E-state index contributed by atoms with van der Waals surface area (Å²) >= 11 is 0. The summed E-state index contributed by atoms with van der Waals surface area (Å²) in [4.78, 5) is 19.2. The molecule has 0 fully saturated rings. The number of carbonyl (C=O) groups is 1. The smallest absolute Gasteiger partial charge is 0.328 e. The van der Waals surface area contributed by atoms with E-state index in [4.69, 9.17) is 9.84 Å². The zero-order chi connectivity index (χ0) is 15.2. The molecule has 2 aromatic heterocycles. The molecule has 108 valence electrons. The van der Waals surface area contributed by atoms with Crippen LogP contribution in [0.5, 0.6) is 11.6 Å². The van der Waals surface area contributed by atoms with Crippen LogP contribution < -0.4 is 4.74 Å². The van der Waals surface area contributed by atoms with E-state index in [1.165, 1.54) is 6.08 Å². The van der Waals surface area contributed by atoms with E-state index < -0.39 is 5.97 Å². The first-order valence-corrected chi connectivity index (χ1v) is 6.60. The largest absolute Gasteiger partial charge is 0.478 e. The van der Waals surface area contributed by atoms with Gasteiger partial charge >= 0.3 is 5.97 Å².